The number of sulfonamides is 1. The zero-order valence-electron chi connectivity index (χ0n) is 16.0. The van der Waals surface area contributed by atoms with Crippen LogP contribution in [-0.2, 0) is 14.8 Å². The van der Waals surface area contributed by atoms with Gasteiger partial charge in [0.15, 0.2) is 11.5 Å². The van der Waals surface area contributed by atoms with Crippen molar-refractivity contribution < 1.29 is 22.7 Å². The zero-order valence-corrected chi connectivity index (χ0v) is 16.8. The average molecular weight is 404 g/mol. The SMILES string of the molecule is Cc1ccc(S(=O)(=O)N(C)CCCC(=O)Nc2ccc3c(c2)OCCO3)cc1. The molecular formula is C20H24N2O5S. The fourth-order valence-corrected chi connectivity index (χ4v) is 4.03. The van der Waals surface area contributed by atoms with Crippen molar-refractivity contribution >= 4 is 21.6 Å². The molecule has 0 fully saturated rings. The van der Waals surface area contributed by atoms with E-state index in [-0.39, 0.29) is 23.8 Å². The maximum Gasteiger partial charge on any atom is 0.242 e. The summed E-state index contributed by atoms with van der Waals surface area (Å²) in [7, 11) is -2.03. The predicted molar refractivity (Wildman–Crippen MR) is 106 cm³/mol. The maximum absolute atomic E-state index is 12.5. The molecule has 2 aromatic carbocycles. The third kappa shape index (κ3) is 4.82. The van der Waals surface area contributed by atoms with Gasteiger partial charge in [0.05, 0.1) is 4.90 Å². The minimum Gasteiger partial charge on any atom is -0.486 e. The third-order valence-corrected chi connectivity index (χ3v) is 6.30. The van der Waals surface area contributed by atoms with Gasteiger partial charge in [0.25, 0.3) is 0 Å². The topological polar surface area (TPSA) is 84.9 Å². The Morgan fingerprint density at radius 3 is 2.46 bits per heavy atom. The van der Waals surface area contributed by atoms with Gasteiger partial charge in [-0.3, -0.25) is 4.79 Å². The predicted octanol–water partition coefficient (Wildman–Crippen LogP) is 2.81. The number of hydrogen-bond donors (Lipinski definition) is 1. The van der Waals surface area contributed by atoms with E-state index in [0.717, 1.165) is 5.56 Å². The van der Waals surface area contributed by atoms with Crippen LogP contribution in [0.1, 0.15) is 18.4 Å². The minimum absolute atomic E-state index is 0.183. The highest BCUT2D eigenvalue weighted by Crippen LogP contribution is 2.32. The molecule has 1 N–H and O–H groups in total. The number of hydrogen-bond acceptors (Lipinski definition) is 5. The van der Waals surface area contributed by atoms with Crippen molar-refractivity contribution in [2.24, 2.45) is 0 Å². The lowest BCUT2D eigenvalue weighted by molar-refractivity contribution is -0.116. The van der Waals surface area contributed by atoms with E-state index in [1.165, 1.54) is 11.4 Å². The molecule has 0 atom stereocenters. The molecule has 0 aliphatic carbocycles. The Hall–Kier alpha value is -2.58. The van der Waals surface area contributed by atoms with Crippen LogP contribution in [0.4, 0.5) is 5.69 Å². The van der Waals surface area contributed by atoms with Gasteiger partial charge in [0, 0.05) is 31.8 Å². The van der Waals surface area contributed by atoms with Crippen molar-refractivity contribution in [1.82, 2.24) is 4.31 Å². The summed E-state index contributed by atoms with van der Waals surface area (Å²) in [5.74, 6) is 1.08. The Kier molecular flexibility index (Phi) is 6.21. The van der Waals surface area contributed by atoms with Gasteiger partial charge >= 0.3 is 0 Å². The smallest absolute Gasteiger partial charge is 0.242 e. The first-order valence-corrected chi connectivity index (χ1v) is 10.5. The molecule has 1 aliphatic heterocycles. The van der Waals surface area contributed by atoms with Crippen LogP contribution in [0.5, 0.6) is 11.5 Å². The van der Waals surface area contributed by atoms with E-state index in [9.17, 15) is 13.2 Å². The van der Waals surface area contributed by atoms with E-state index in [2.05, 4.69) is 5.32 Å². The molecule has 7 nitrogen and oxygen atoms in total. The monoisotopic (exact) mass is 404 g/mol. The summed E-state index contributed by atoms with van der Waals surface area (Å²) in [6.45, 7) is 3.15. The molecular weight excluding hydrogens is 380 g/mol. The number of amides is 1. The molecule has 0 unspecified atom stereocenters. The van der Waals surface area contributed by atoms with Crippen molar-refractivity contribution in [1.29, 1.82) is 0 Å². The van der Waals surface area contributed by atoms with Gasteiger partial charge in [-0.05, 0) is 37.6 Å². The van der Waals surface area contributed by atoms with Crippen LogP contribution < -0.4 is 14.8 Å². The maximum atomic E-state index is 12.5. The van der Waals surface area contributed by atoms with Gasteiger partial charge < -0.3 is 14.8 Å². The lowest BCUT2D eigenvalue weighted by Gasteiger charge is -2.19. The highest BCUT2D eigenvalue weighted by atomic mass is 32.2. The molecule has 0 radical (unpaired) electrons. The molecule has 1 amide bonds. The fourth-order valence-electron chi connectivity index (χ4n) is 2.82. The summed E-state index contributed by atoms with van der Waals surface area (Å²) in [4.78, 5) is 12.4. The van der Waals surface area contributed by atoms with E-state index in [4.69, 9.17) is 9.47 Å². The molecule has 150 valence electrons. The number of nitrogens with one attached hydrogen (secondary N) is 1. The van der Waals surface area contributed by atoms with Crippen molar-refractivity contribution in [2.45, 2.75) is 24.7 Å². The molecule has 0 saturated heterocycles. The zero-order chi connectivity index (χ0) is 20.1. The van der Waals surface area contributed by atoms with E-state index < -0.39 is 10.0 Å². The summed E-state index contributed by atoms with van der Waals surface area (Å²) in [6, 6.07) is 11.9. The quantitative estimate of drug-likeness (QED) is 0.767. The van der Waals surface area contributed by atoms with E-state index in [1.54, 1.807) is 42.5 Å². The Labute approximate surface area is 165 Å². The van der Waals surface area contributed by atoms with Gasteiger partial charge in [0.1, 0.15) is 13.2 Å². The van der Waals surface area contributed by atoms with Crippen molar-refractivity contribution in [3.63, 3.8) is 0 Å². The van der Waals surface area contributed by atoms with Crippen molar-refractivity contribution in [2.75, 3.05) is 32.1 Å². The van der Waals surface area contributed by atoms with E-state index in [0.29, 0.717) is 36.8 Å². The second-order valence-corrected chi connectivity index (χ2v) is 8.69. The summed E-state index contributed by atoms with van der Waals surface area (Å²) in [5.41, 5.74) is 1.62. The molecule has 0 aromatic heterocycles. The van der Waals surface area contributed by atoms with E-state index in [1.807, 2.05) is 6.92 Å². The van der Waals surface area contributed by atoms with Gasteiger partial charge in [-0.25, -0.2) is 12.7 Å². The van der Waals surface area contributed by atoms with Gasteiger partial charge in [-0.15, -0.1) is 0 Å². The lowest BCUT2D eigenvalue weighted by Crippen LogP contribution is -2.28. The number of aryl methyl sites for hydroxylation is 1. The molecule has 1 heterocycles. The van der Waals surface area contributed by atoms with E-state index >= 15 is 0 Å². The molecule has 1 aliphatic rings. The number of nitrogens with zero attached hydrogens (tertiary/aromatic N) is 1. The Morgan fingerprint density at radius 2 is 1.75 bits per heavy atom. The molecule has 2 aromatic rings. The Morgan fingerprint density at radius 1 is 1.07 bits per heavy atom. The van der Waals surface area contributed by atoms with Crippen molar-refractivity contribution in [3.8, 4) is 11.5 Å². The molecule has 28 heavy (non-hydrogen) atoms. The van der Waals surface area contributed by atoms with Crippen LogP contribution >= 0.6 is 0 Å². The second-order valence-electron chi connectivity index (χ2n) is 6.65. The first kappa shape index (κ1) is 20.2. The minimum atomic E-state index is -3.55. The number of anilines is 1. The van der Waals surface area contributed by atoms with Crippen LogP contribution in [0.3, 0.4) is 0 Å². The number of benzene rings is 2. The van der Waals surface area contributed by atoms with Crippen LogP contribution in [0, 0.1) is 6.92 Å². The number of fused-ring (bicyclic) bond motifs is 1. The lowest BCUT2D eigenvalue weighted by atomic mass is 10.2. The summed E-state index contributed by atoms with van der Waals surface area (Å²) in [6.07, 6.45) is 0.625. The van der Waals surface area contributed by atoms with Crippen LogP contribution in [0.2, 0.25) is 0 Å². The first-order chi connectivity index (χ1) is 13.4. The standard InChI is InChI=1S/C20H24N2O5S/c1-15-5-8-17(9-6-15)28(24,25)22(2)11-3-4-20(23)21-16-7-10-18-19(14-16)27-13-12-26-18/h5-10,14H,3-4,11-13H2,1-2H3,(H,21,23). The Bertz CT molecular complexity index is 942. The largest absolute Gasteiger partial charge is 0.486 e. The van der Waals surface area contributed by atoms with Gasteiger partial charge in [-0.1, -0.05) is 17.7 Å². The number of carbonyl (C=O) groups is 1. The van der Waals surface area contributed by atoms with Gasteiger partial charge in [-0.2, -0.15) is 0 Å². The summed E-state index contributed by atoms with van der Waals surface area (Å²) >= 11 is 0. The molecule has 0 bridgehead atoms. The molecule has 3 rings (SSSR count). The summed E-state index contributed by atoms with van der Waals surface area (Å²) < 4.78 is 37.3. The Balaban J connectivity index is 1.50. The third-order valence-electron chi connectivity index (χ3n) is 4.43. The average Bonchev–Trinajstić information content (AvgIpc) is 2.68. The highest BCUT2D eigenvalue weighted by Gasteiger charge is 2.20. The van der Waals surface area contributed by atoms with Crippen molar-refractivity contribution in [3.05, 3.63) is 48.0 Å². The molecule has 0 spiro atoms. The molecule has 0 saturated carbocycles. The normalized spacial score (nSPS) is 13.4. The van der Waals surface area contributed by atoms with Gasteiger partial charge in [0.2, 0.25) is 15.9 Å². The summed E-state index contributed by atoms with van der Waals surface area (Å²) in [5, 5.41) is 2.80. The number of carbonyl (C=O) groups excluding carboxylic acids is 1. The number of rotatable bonds is 7. The second kappa shape index (κ2) is 8.62. The van der Waals surface area contributed by atoms with Crippen LogP contribution in [-0.4, -0.2) is 45.4 Å². The first-order valence-electron chi connectivity index (χ1n) is 9.09. The van der Waals surface area contributed by atoms with Crippen LogP contribution in [0.15, 0.2) is 47.4 Å². The molecule has 8 heteroatoms. The fraction of sp³-hybridized carbons (Fsp3) is 0.350. The number of ether oxygens (including phenoxy) is 2. The highest BCUT2D eigenvalue weighted by molar-refractivity contribution is 7.89. The van der Waals surface area contributed by atoms with Crippen LogP contribution in [0.25, 0.3) is 0 Å².